The number of rotatable bonds is 3. The second-order valence-electron chi connectivity index (χ2n) is 3.85. The van der Waals surface area contributed by atoms with Crippen LogP contribution in [0.1, 0.15) is 23.6 Å². The summed E-state index contributed by atoms with van der Waals surface area (Å²) in [6, 6.07) is 1.14. The summed E-state index contributed by atoms with van der Waals surface area (Å²) in [5.74, 6) is -0.690. The fourth-order valence-corrected chi connectivity index (χ4v) is 1.35. The van der Waals surface area contributed by atoms with Crippen LogP contribution in [-0.2, 0) is 21.9 Å². The Hall–Kier alpha value is -1.73. The number of alkyl halides is 6. The average molecular weight is 299 g/mol. The predicted octanol–water partition coefficient (Wildman–Crippen LogP) is 3.84. The molecule has 1 aromatic carbocycles. The van der Waals surface area contributed by atoms with E-state index in [-0.39, 0.29) is 11.6 Å². The van der Waals surface area contributed by atoms with Gasteiger partial charge in [0.15, 0.2) is 0 Å². The second kappa shape index (κ2) is 5.72. The van der Waals surface area contributed by atoms with E-state index in [2.05, 4.69) is 4.74 Å². The minimum Gasteiger partial charge on any atom is -0.465 e. The third-order valence-electron chi connectivity index (χ3n) is 2.22. The molecule has 1 radical (unpaired) electrons. The van der Waals surface area contributed by atoms with Crippen molar-refractivity contribution in [1.29, 1.82) is 0 Å². The number of benzene rings is 1. The Labute approximate surface area is 110 Å². The van der Waals surface area contributed by atoms with Crippen molar-refractivity contribution in [3.63, 3.8) is 0 Å². The molecule has 1 rings (SSSR count). The first kappa shape index (κ1) is 16.3. The standard InChI is InChI=1S/C12H9F6O2/c1-7(19)20-3-2-8-4-9(11(13,14)15)6-10(5-8)12(16,17)18/h2,4-6H,3H2,1H3. The Morgan fingerprint density at radius 1 is 1.05 bits per heavy atom. The van der Waals surface area contributed by atoms with Crippen LogP contribution in [0.5, 0.6) is 0 Å². The molecule has 0 bridgehead atoms. The van der Waals surface area contributed by atoms with E-state index in [0.29, 0.717) is 12.1 Å². The van der Waals surface area contributed by atoms with Gasteiger partial charge < -0.3 is 4.74 Å². The lowest BCUT2D eigenvalue weighted by Gasteiger charge is -2.14. The fraction of sp³-hybridized carbons (Fsp3) is 0.333. The van der Waals surface area contributed by atoms with Crippen molar-refractivity contribution in [2.24, 2.45) is 0 Å². The molecule has 1 aromatic rings. The number of carbonyl (C=O) groups excluding carboxylic acids is 1. The molecule has 0 atom stereocenters. The van der Waals surface area contributed by atoms with Gasteiger partial charge in [-0.25, -0.2) is 0 Å². The van der Waals surface area contributed by atoms with E-state index in [1.807, 2.05) is 0 Å². The van der Waals surface area contributed by atoms with E-state index in [4.69, 9.17) is 0 Å². The molecule has 0 N–H and O–H groups in total. The molecule has 0 unspecified atom stereocenters. The highest BCUT2D eigenvalue weighted by Gasteiger charge is 2.36. The van der Waals surface area contributed by atoms with Crippen LogP contribution in [0.25, 0.3) is 0 Å². The van der Waals surface area contributed by atoms with Crippen LogP contribution in [0.15, 0.2) is 18.2 Å². The normalized spacial score (nSPS) is 12.3. The zero-order chi connectivity index (χ0) is 15.6. The molecule has 0 aliphatic rings. The molecule has 0 saturated carbocycles. The first-order valence-electron chi connectivity index (χ1n) is 5.26. The molecular weight excluding hydrogens is 290 g/mol. The fourth-order valence-electron chi connectivity index (χ4n) is 1.35. The molecule has 0 aromatic heterocycles. The summed E-state index contributed by atoms with van der Waals surface area (Å²) in [6.45, 7) is 0.662. The highest BCUT2D eigenvalue weighted by Crippen LogP contribution is 2.36. The van der Waals surface area contributed by atoms with Crippen LogP contribution in [0.3, 0.4) is 0 Å². The molecule has 0 spiro atoms. The Morgan fingerprint density at radius 2 is 1.50 bits per heavy atom. The molecule has 0 aliphatic heterocycles. The van der Waals surface area contributed by atoms with Crippen molar-refractivity contribution in [3.8, 4) is 0 Å². The summed E-state index contributed by atoms with van der Waals surface area (Å²) in [5, 5.41) is 0. The number of hydrogen-bond donors (Lipinski definition) is 0. The van der Waals surface area contributed by atoms with Crippen LogP contribution in [-0.4, -0.2) is 12.6 Å². The SMILES string of the molecule is CC(=O)OC[CH]c1cc(C(F)(F)F)cc(C(F)(F)F)c1. The molecular formula is C12H9F6O2. The van der Waals surface area contributed by atoms with Crippen LogP contribution < -0.4 is 0 Å². The molecule has 111 valence electrons. The third kappa shape index (κ3) is 4.75. The largest absolute Gasteiger partial charge is 0.465 e. The third-order valence-corrected chi connectivity index (χ3v) is 2.22. The summed E-state index contributed by atoms with van der Waals surface area (Å²) >= 11 is 0. The molecule has 0 fully saturated rings. The van der Waals surface area contributed by atoms with Gasteiger partial charge in [-0.1, -0.05) is 0 Å². The molecule has 0 amide bonds. The minimum absolute atomic E-state index is 0.0309. The van der Waals surface area contributed by atoms with Crippen LogP contribution >= 0.6 is 0 Å². The quantitative estimate of drug-likeness (QED) is 0.626. The van der Waals surface area contributed by atoms with E-state index in [1.165, 1.54) is 0 Å². The number of ether oxygens (including phenoxy) is 1. The van der Waals surface area contributed by atoms with Gasteiger partial charge >= 0.3 is 18.3 Å². The Morgan fingerprint density at radius 3 is 1.85 bits per heavy atom. The lowest BCUT2D eigenvalue weighted by molar-refractivity contribution is -0.143. The maximum absolute atomic E-state index is 12.5. The molecule has 0 saturated heterocycles. The van der Waals surface area contributed by atoms with E-state index >= 15 is 0 Å². The minimum atomic E-state index is -4.90. The molecule has 8 heteroatoms. The average Bonchev–Trinajstić information content (AvgIpc) is 2.25. The lowest BCUT2D eigenvalue weighted by Crippen LogP contribution is -2.12. The van der Waals surface area contributed by atoms with Gasteiger partial charge in [-0.15, -0.1) is 0 Å². The molecule has 2 nitrogen and oxygen atoms in total. The van der Waals surface area contributed by atoms with Gasteiger partial charge in [-0.3, -0.25) is 4.79 Å². The maximum atomic E-state index is 12.5. The maximum Gasteiger partial charge on any atom is 0.416 e. The summed E-state index contributed by atoms with van der Waals surface area (Å²) in [7, 11) is 0. The van der Waals surface area contributed by atoms with E-state index in [9.17, 15) is 31.1 Å². The van der Waals surface area contributed by atoms with Crippen LogP contribution in [0.2, 0.25) is 0 Å². The first-order valence-corrected chi connectivity index (χ1v) is 5.26. The van der Waals surface area contributed by atoms with Crippen LogP contribution in [0, 0.1) is 6.42 Å². The predicted molar refractivity (Wildman–Crippen MR) is 56.5 cm³/mol. The van der Waals surface area contributed by atoms with Crippen molar-refractivity contribution >= 4 is 5.97 Å². The number of esters is 1. The van der Waals surface area contributed by atoms with Gasteiger partial charge in [0.25, 0.3) is 0 Å². The van der Waals surface area contributed by atoms with Gasteiger partial charge in [0.1, 0.15) is 0 Å². The van der Waals surface area contributed by atoms with E-state index < -0.39 is 36.1 Å². The van der Waals surface area contributed by atoms with E-state index in [0.717, 1.165) is 13.3 Å². The second-order valence-corrected chi connectivity index (χ2v) is 3.85. The Balaban J connectivity index is 3.08. The van der Waals surface area contributed by atoms with Crippen molar-refractivity contribution in [2.45, 2.75) is 19.3 Å². The molecule has 0 aliphatic carbocycles. The monoisotopic (exact) mass is 299 g/mol. The van der Waals surface area contributed by atoms with Crippen LogP contribution in [0.4, 0.5) is 26.3 Å². The smallest absolute Gasteiger partial charge is 0.416 e. The van der Waals surface area contributed by atoms with E-state index in [1.54, 1.807) is 0 Å². The summed E-state index contributed by atoms with van der Waals surface area (Å²) in [6.07, 6.45) is -8.83. The zero-order valence-electron chi connectivity index (χ0n) is 10.1. The number of halogens is 6. The summed E-state index contributed by atoms with van der Waals surface area (Å²) < 4.78 is 79.6. The molecule has 0 heterocycles. The van der Waals surface area contributed by atoms with Gasteiger partial charge in [-0.05, 0) is 23.8 Å². The topological polar surface area (TPSA) is 26.3 Å². The van der Waals surface area contributed by atoms with Crippen molar-refractivity contribution in [3.05, 3.63) is 41.3 Å². The van der Waals surface area contributed by atoms with Gasteiger partial charge in [0, 0.05) is 13.3 Å². The van der Waals surface area contributed by atoms with Gasteiger partial charge in [-0.2, -0.15) is 26.3 Å². The van der Waals surface area contributed by atoms with Crippen molar-refractivity contribution in [1.82, 2.24) is 0 Å². The Bertz CT molecular complexity index is 457. The van der Waals surface area contributed by atoms with Crippen molar-refractivity contribution < 1.29 is 35.9 Å². The van der Waals surface area contributed by atoms with Gasteiger partial charge in [0.05, 0.1) is 17.7 Å². The number of hydrogen-bond acceptors (Lipinski definition) is 2. The summed E-state index contributed by atoms with van der Waals surface area (Å²) in [5.41, 5.74) is -3.16. The highest BCUT2D eigenvalue weighted by molar-refractivity contribution is 5.66. The lowest BCUT2D eigenvalue weighted by atomic mass is 10.0. The van der Waals surface area contributed by atoms with Crippen molar-refractivity contribution in [2.75, 3.05) is 6.61 Å². The zero-order valence-corrected chi connectivity index (χ0v) is 10.1. The summed E-state index contributed by atoms with van der Waals surface area (Å²) in [4.78, 5) is 10.5. The number of carbonyl (C=O) groups is 1. The highest BCUT2D eigenvalue weighted by atomic mass is 19.4. The first-order chi connectivity index (χ1) is 9.00. The Kier molecular flexibility index (Phi) is 4.67. The molecule has 20 heavy (non-hydrogen) atoms. The van der Waals surface area contributed by atoms with Gasteiger partial charge in [0.2, 0.25) is 0 Å².